The number of halogens is 1. The van der Waals surface area contributed by atoms with Gasteiger partial charge in [-0.1, -0.05) is 23.4 Å². The molecule has 4 rings (SSSR count). The molecule has 0 spiro atoms. The zero-order valence-corrected chi connectivity index (χ0v) is 18.4. The highest BCUT2D eigenvalue weighted by molar-refractivity contribution is 8.18. The van der Waals surface area contributed by atoms with Crippen LogP contribution in [-0.4, -0.2) is 46.5 Å². The summed E-state index contributed by atoms with van der Waals surface area (Å²) >= 11 is 8.15. The number of rotatable bonds is 5. The molecule has 2 aliphatic rings. The number of furan rings is 1. The van der Waals surface area contributed by atoms with Crippen LogP contribution in [0.3, 0.4) is 0 Å². The van der Waals surface area contributed by atoms with Gasteiger partial charge in [-0.25, -0.2) is 0 Å². The van der Waals surface area contributed by atoms with Gasteiger partial charge in [-0.15, -0.1) is 0 Å². The fraction of sp³-hybridized carbons (Fsp3) is 0.286. The maximum Gasteiger partial charge on any atom is 0.294 e. The number of likely N-dealkylation sites (tertiary alicyclic amines) is 1. The van der Waals surface area contributed by atoms with Crippen LogP contribution in [0.2, 0.25) is 5.02 Å². The van der Waals surface area contributed by atoms with E-state index in [1.165, 1.54) is 11.8 Å². The van der Waals surface area contributed by atoms with E-state index < -0.39 is 11.1 Å². The van der Waals surface area contributed by atoms with Gasteiger partial charge >= 0.3 is 0 Å². The Balaban J connectivity index is 1.41. The largest absolute Gasteiger partial charge is 0.450 e. The van der Waals surface area contributed by atoms with Crippen molar-refractivity contribution < 1.29 is 18.8 Å². The molecule has 9 heteroatoms. The van der Waals surface area contributed by atoms with Crippen molar-refractivity contribution in [1.82, 2.24) is 9.80 Å². The second-order valence-corrected chi connectivity index (χ2v) is 9.43. The lowest BCUT2D eigenvalue weighted by molar-refractivity contribution is -0.136. The molecule has 3 heterocycles. The van der Waals surface area contributed by atoms with Gasteiger partial charge in [0.2, 0.25) is 5.91 Å². The van der Waals surface area contributed by atoms with Gasteiger partial charge < -0.3 is 9.32 Å². The van der Waals surface area contributed by atoms with E-state index in [-0.39, 0.29) is 17.4 Å². The molecule has 2 aromatic rings. The number of amides is 3. The Kier molecular flexibility index (Phi) is 6.55. The Morgan fingerprint density at radius 2 is 1.83 bits per heavy atom. The van der Waals surface area contributed by atoms with E-state index in [1.54, 1.807) is 35.2 Å². The molecule has 2 saturated heterocycles. The predicted octanol–water partition coefficient (Wildman–Crippen LogP) is 5.13. The zero-order chi connectivity index (χ0) is 21.1. The number of carbonyl (C=O) groups is 3. The Morgan fingerprint density at radius 3 is 2.57 bits per heavy atom. The molecule has 0 atom stereocenters. The third-order valence-corrected chi connectivity index (χ3v) is 6.87. The highest BCUT2D eigenvalue weighted by Crippen LogP contribution is 2.34. The summed E-state index contributed by atoms with van der Waals surface area (Å²) in [6.45, 7) is 1.16. The number of nitrogens with zero attached hydrogens (tertiary/aromatic N) is 2. The third kappa shape index (κ3) is 4.94. The molecule has 30 heavy (non-hydrogen) atoms. The summed E-state index contributed by atoms with van der Waals surface area (Å²) in [6, 6.07) is 10.9. The van der Waals surface area contributed by atoms with Gasteiger partial charge in [-0.05, 0) is 67.4 Å². The van der Waals surface area contributed by atoms with E-state index in [9.17, 15) is 14.4 Å². The van der Waals surface area contributed by atoms with Crippen molar-refractivity contribution in [3.8, 4) is 0 Å². The molecule has 3 amide bonds. The van der Waals surface area contributed by atoms with E-state index in [1.807, 2.05) is 12.1 Å². The van der Waals surface area contributed by atoms with Gasteiger partial charge in [0.1, 0.15) is 12.3 Å². The van der Waals surface area contributed by atoms with Crippen molar-refractivity contribution in [3.63, 3.8) is 0 Å². The molecule has 0 N–H and O–H groups in total. The smallest absolute Gasteiger partial charge is 0.294 e. The highest BCUT2D eigenvalue weighted by Gasteiger charge is 2.37. The average Bonchev–Trinajstić information content (AvgIpc) is 3.29. The molecule has 0 bridgehead atoms. The van der Waals surface area contributed by atoms with Crippen molar-refractivity contribution in [2.24, 2.45) is 0 Å². The molecule has 2 fully saturated rings. The summed E-state index contributed by atoms with van der Waals surface area (Å²) in [6.07, 6.45) is 4.57. The first kappa shape index (κ1) is 21.1. The van der Waals surface area contributed by atoms with E-state index in [0.717, 1.165) is 40.8 Å². The standard InChI is InChI=1S/C21H19ClN2O4S2/c22-14-4-7-16(8-5-14)29-19-9-6-15(28-19)12-17-20(26)24(21(27)30-17)13-18(25)23-10-2-1-3-11-23/h4-9,12H,1-3,10-11,13H2/b17-12-. The van der Waals surface area contributed by atoms with E-state index in [4.69, 9.17) is 16.0 Å². The fourth-order valence-corrected chi connectivity index (χ4v) is 4.95. The average molecular weight is 463 g/mol. The molecule has 156 valence electrons. The van der Waals surface area contributed by atoms with Crippen molar-refractivity contribution in [1.29, 1.82) is 0 Å². The van der Waals surface area contributed by atoms with E-state index in [0.29, 0.717) is 29.0 Å². The van der Waals surface area contributed by atoms with Crippen LogP contribution in [-0.2, 0) is 9.59 Å². The normalized spacial score (nSPS) is 18.5. The maximum atomic E-state index is 12.7. The van der Waals surface area contributed by atoms with Gasteiger partial charge in [0.25, 0.3) is 11.1 Å². The van der Waals surface area contributed by atoms with Gasteiger partial charge in [0.05, 0.1) is 4.91 Å². The van der Waals surface area contributed by atoms with Gasteiger partial charge in [0.15, 0.2) is 5.09 Å². The summed E-state index contributed by atoms with van der Waals surface area (Å²) in [5.41, 5.74) is 0. The quantitative estimate of drug-likeness (QED) is 0.573. The van der Waals surface area contributed by atoms with Crippen molar-refractivity contribution >= 4 is 58.3 Å². The summed E-state index contributed by atoms with van der Waals surface area (Å²) in [4.78, 5) is 41.3. The van der Waals surface area contributed by atoms with Gasteiger partial charge in [0, 0.05) is 29.1 Å². The molecule has 0 unspecified atom stereocenters. The van der Waals surface area contributed by atoms with Crippen LogP contribution in [0.5, 0.6) is 0 Å². The van der Waals surface area contributed by atoms with Crippen molar-refractivity contribution in [2.45, 2.75) is 29.3 Å². The number of benzene rings is 1. The molecule has 1 aromatic carbocycles. The fourth-order valence-electron chi connectivity index (χ4n) is 3.23. The first-order chi connectivity index (χ1) is 14.5. The SMILES string of the molecule is O=C(CN1C(=O)S/C(=C\c2ccc(Sc3ccc(Cl)cc3)o2)C1=O)N1CCCCC1. The van der Waals surface area contributed by atoms with Gasteiger partial charge in [-0.3, -0.25) is 19.3 Å². The number of imide groups is 1. The summed E-state index contributed by atoms with van der Waals surface area (Å²) in [7, 11) is 0. The summed E-state index contributed by atoms with van der Waals surface area (Å²) in [5.74, 6) is -0.170. The number of thioether (sulfide) groups is 1. The lowest BCUT2D eigenvalue weighted by atomic mass is 10.1. The molecule has 0 saturated carbocycles. The van der Waals surface area contributed by atoms with Crippen molar-refractivity contribution in [3.05, 3.63) is 52.1 Å². The molecule has 2 aliphatic heterocycles. The minimum Gasteiger partial charge on any atom is -0.450 e. The zero-order valence-electron chi connectivity index (χ0n) is 16.0. The monoisotopic (exact) mass is 462 g/mol. The lowest BCUT2D eigenvalue weighted by Crippen LogP contribution is -2.44. The van der Waals surface area contributed by atoms with E-state index >= 15 is 0 Å². The minimum atomic E-state index is -0.460. The first-order valence-corrected chi connectivity index (χ1v) is 11.6. The Morgan fingerprint density at radius 1 is 1.10 bits per heavy atom. The Bertz CT molecular complexity index is 997. The number of hydrogen-bond donors (Lipinski definition) is 0. The Labute approximate surface area is 187 Å². The summed E-state index contributed by atoms with van der Waals surface area (Å²) < 4.78 is 5.76. The third-order valence-electron chi connectivity index (χ3n) is 4.78. The second-order valence-electron chi connectivity index (χ2n) is 6.92. The van der Waals surface area contributed by atoms with Crippen molar-refractivity contribution in [2.75, 3.05) is 19.6 Å². The van der Waals surface area contributed by atoms with Crippen LogP contribution in [0.15, 0.2) is 55.7 Å². The van der Waals surface area contributed by atoms with Crippen LogP contribution in [0, 0.1) is 0 Å². The van der Waals surface area contributed by atoms with Crippen LogP contribution in [0.1, 0.15) is 25.0 Å². The summed E-state index contributed by atoms with van der Waals surface area (Å²) in [5, 5.41) is 0.885. The molecular formula is C21H19ClN2O4S2. The van der Waals surface area contributed by atoms with Gasteiger partial charge in [-0.2, -0.15) is 0 Å². The molecule has 0 radical (unpaired) electrons. The topological polar surface area (TPSA) is 70.8 Å². The first-order valence-electron chi connectivity index (χ1n) is 9.56. The maximum absolute atomic E-state index is 12.7. The molecule has 0 aliphatic carbocycles. The van der Waals surface area contributed by atoms with Crippen LogP contribution in [0.4, 0.5) is 4.79 Å². The Hall–Kier alpha value is -2.16. The van der Waals surface area contributed by atoms with Crippen LogP contribution in [0.25, 0.3) is 6.08 Å². The lowest BCUT2D eigenvalue weighted by Gasteiger charge is -2.27. The van der Waals surface area contributed by atoms with E-state index in [2.05, 4.69) is 0 Å². The number of hydrogen-bond acceptors (Lipinski definition) is 6. The highest BCUT2D eigenvalue weighted by atomic mass is 35.5. The molecule has 1 aromatic heterocycles. The molecule has 6 nitrogen and oxygen atoms in total. The predicted molar refractivity (Wildman–Crippen MR) is 117 cm³/mol. The second kappa shape index (κ2) is 9.32. The van der Waals surface area contributed by atoms with Crippen LogP contribution >= 0.6 is 35.1 Å². The number of piperidine rings is 1. The molecular weight excluding hydrogens is 444 g/mol. The van der Waals surface area contributed by atoms with Crippen LogP contribution < -0.4 is 0 Å². The number of carbonyl (C=O) groups excluding carboxylic acids is 3. The minimum absolute atomic E-state index is 0.183.